The van der Waals surface area contributed by atoms with E-state index in [1.807, 2.05) is 24.8 Å². The monoisotopic (exact) mass is 632 g/mol. The molecular weight excluding hydrogens is 605 g/mol. The highest BCUT2D eigenvalue weighted by atomic mass is 35.5. The smallest absolute Gasteiger partial charge is 0.377 e. The molecule has 2 fully saturated rings. The minimum Gasteiger partial charge on any atom is -0.377 e. The fraction of sp³-hybridized carbons (Fsp3) is 0.393. The van der Waals surface area contributed by atoms with Gasteiger partial charge in [-0.25, -0.2) is 9.97 Å². The normalized spacial score (nSPS) is 20.3. The van der Waals surface area contributed by atoms with Crippen molar-refractivity contribution in [3.63, 3.8) is 0 Å². The summed E-state index contributed by atoms with van der Waals surface area (Å²) in [5.74, 6) is 0.305. The molecule has 1 saturated carbocycles. The Morgan fingerprint density at radius 3 is 2.56 bits per heavy atom. The van der Waals surface area contributed by atoms with Crippen LogP contribution >= 0.6 is 23.5 Å². The molecule has 1 aliphatic heterocycles. The maximum atomic E-state index is 13.6. The molecule has 43 heavy (non-hydrogen) atoms. The van der Waals surface area contributed by atoms with E-state index in [0.29, 0.717) is 35.6 Å². The number of amides is 1. The number of nitrogens with one attached hydrogen (secondary N) is 2. The molecule has 1 aliphatic carbocycles. The van der Waals surface area contributed by atoms with Gasteiger partial charge in [-0.05, 0) is 37.6 Å². The summed E-state index contributed by atoms with van der Waals surface area (Å²) in [6.45, 7) is 4.90. The van der Waals surface area contributed by atoms with Crippen LogP contribution in [0.3, 0.4) is 0 Å². The van der Waals surface area contributed by atoms with Crippen LogP contribution in [0.15, 0.2) is 41.5 Å². The lowest BCUT2D eigenvalue weighted by Gasteiger charge is -2.25. The molecule has 1 aromatic carbocycles. The first-order valence-corrected chi connectivity index (χ1v) is 15.1. The number of alkyl halides is 3. The zero-order valence-corrected chi connectivity index (χ0v) is 25.2. The second-order valence-electron chi connectivity index (χ2n) is 11.0. The van der Waals surface area contributed by atoms with Crippen molar-refractivity contribution in [2.45, 2.75) is 32.1 Å². The van der Waals surface area contributed by atoms with Crippen LogP contribution in [0.4, 0.5) is 24.8 Å². The Bertz CT molecular complexity index is 1800. The number of rotatable bonds is 7. The van der Waals surface area contributed by atoms with Gasteiger partial charge in [0.15, 0.2) is 5.69 Å². The fourth-order valence-electron chi connectivity index (χ4n) is 6.03. The molecule has 10 nitrogen and oxygen atoms in total. The number of hydrogen-bond acceptors (Lipinski definition) is 8. The summed E-state index contributed by atoms with van der Waals surface area (Å²) in [5, 5.41) is 7.95. The van der Waals surface area contributed by atoms with Crippen LogP contribution < -0.4 is 20.5 Å². The summed E-state index contributed by atoms with van der Waals surface area (Å²) in [7, 11) is 1.67. The zero-order valence-electron chi connectivity index (χ0n) is 23.6. The Morgan fingerprint density at radius 2 is 1.91 bits per heavy atom. The van der Waals surface area contributed by atoms with Crippen molar-refractivity contribution in [3.8, 4) is 0 Å². The molecule has 4 aromatic rings. The van der Waals surface area contributed by atoms with E-state index in [-0.39, 0.29) is 40.3 Å². The third-order valence-electron chi connectivity index (χ3n) is 8.11. The lowest BCUT2D eigenvalue weighted by molar-refractivity contribution is -0.137. The third-order valence-corrected chi connectivity index (χ3v) is 8.71. The topological polar surface area (TPSA) is 110 Å². The number of benzene rings is 1. The van der Waals surface area contributed by atoms with E-state index in [2.05, 4.69) is 20.1 Å². The van der Waals surface area contributed by atoms with E-state index < -0.39 is 17.6 Å². The lowest BCUT2D eigenvalue weighted by atomic mass is 10.0. The van der Waals surface area contributed by atoms with E-state index in [0.717, 1.165) is 35.5 Å². The molecule has 1 amide bonds. The highest BCUT2D eigenvalue weighted by molar-refractivity contribution is 7.97. The fourth-order valence-corrected chi connectivity index (χ4v) is 6.46. The van der Waals surface area contributed by atoms with Gasteiger partial charge in [0.1, 0.15) is 5.15 Å². The Labute approximate surface area is 253 Å². The molecule has 0 radical (unpaired) electrons. The zero-order chi connectivity index (χ0) is 30.8. The van der Waals surface area contributed by atoms with E-state index in [4.69, 9.17) is 16.6 Å². The average molecular weight is 633 g/mol. The van der Waals surface area contributed by atoms with Gasteiger partial charge in [0.25, 0.3) is 11.5 Å². The number of hydrogen-bond donors (Lipinski definition) is 2. The van der Waals surface area contributed by atoms with Crippen LogP contribution in [-0.4, -0.2) is 49.6 Å². The van der Waals surface area contributed by atoms with Crippen LogP contribution in [0.5, 0.6) is 0 Å². The molecule has 6 rings (SSSR count). The molecular formula is C28H28ClF3N8O2S. The van der Waals surface area contributed by atoms with E-state index in [1.165, 1.54) is 9.25 Å². The Morgan fingerprint density at radius 1 is 1.19 bits per heavy atom. The van der Waals surface area contributed by atoms with Crippen molar-refractivity contribution >= 4 is 52.0 Å². The molecule has 15 heteroatoms. The standard InChI is InChI=1S/C28H28ClF3N8O2S/c1-13-7-16(14(2)34-20-5-6-21(29)35-23(20)25(41)37-43-4)22-17(8-13)26(42)38(3)27(36-22)39-11-18-19(12-39)24(18)40-10-15(9-33-40)28(30,31)32/h5-10,14,18-19,24,34H,11-12H2,1-4H3,(H,37,41). The summed E-state index contributed by atoms with van der Waals surface area (Å²) in [6.07, 6.45) is -0.786. The first-order chi connectivity index (χ1) is 20.4. The molecule has 4 heterocycles. The summed E-state index contributed by atoms with van der Waals surface area (Å²) in [4.78, 5) is 37.4. The molecule has 0 bridgehead atoms. The van der Waals surface area contributed by atoms with Crippen molar-refractivity contribution in [2.24, 2.45) is 18.9 Å². The predicted molar refractivity (Wildman–Crippen MR) is 159 cm³/mol. The first kappa shape index (κ1) is 29.3. The van der Waals surface area contributed by atoms with Crippen molar-refractivity contribution in [3.05, 3.63) is 74.6 Å². The van der Waals surface area contributed by atoms with Gasteiger partial charge in [-0.1, -0.05) is 29.6 Å². The van der Waals surface area contributed by atoms with Crippen LogP contribution in [0.1, 0.15) is 46.2 Å². The van der Waals surface area contributed by atoms with Crippen molar-refractivity contribution in [1.82, 2.24) is 29.0 Å². The summed E-state index contributed by atoms with van der Waals surface area (Å²) in [6, 6.07) is 6.54. The molecule has 3 aromatic heterocycles. The van der Waals surface area contributed by atoms with Gasteiger partial charge >= 0.3 is 6.18 Å². The molecule has 226 valence electrons. The number of pyridine rings is 1. The van der Waals surface area contributed by atoms with Crippen LogP contribution in [-0.2, 0) is 13.2 Å². The number of fused-ring (bicyclic) bond motifs is 2. The van der Waals surface area contributed by atoms with E-state index in [9.17, 15) is 22.8 Å². The van der Waals surface area contributed by atoms with Crippen molar-refractivity contribution in [1.29, 1.82) is 0 Å². The van der Waals surface area contributed by atoms with E-state index in [1.54, 1.807) is 31.5 Å². The molecule has 3 unspecified atom stereocenters. The van der Waals surface area contributed by atoms with Gasteiger partial charge in [-0.2, -0.15) is 18.3 Å². The maximum Gasteiger partial charge on any atom is 0.419 e. The Balaban J connectivity index is 1.30. The van der Waals surface area contributed by atoms with Gasteiger partial charge in [0, 0.05) is 50.0 Å². The molecule has 2 aliphatic rings. The first-order valence-electron chi connectivity index (χ1n) is 13.5. The summed E-state index contributed by atoms with van der Waals surface area (Å²) < 4.78 is 44.8. The van der Waals surface area contributed by atoms with E-state index >= 15 is 0 Å². The van der Waals surface area contributed by atoms with Crippen molar-refractivity contribution < 1.29 is 18.0 Å². The second kappa shape index (κ2) is 10.7. The minimum atomic E-state index is -4.43. The largest absolute Gasteiger partial charge is 0.419 e. The number of halogens is 4. The maximum absolute atomic E-state index is 13.6. The van der Waals surface area contributed by atoms with Gasteiger partial charge in [-0.15, -0.1) is 0 Å². The number of anilines is 2. The molecule has 3 atom stereocenters. The highest BCUT2D eigenvalue weighted by Gasteiger charge is 2.58. The number of nitrogens with zero attached hydrogens (tertiary/aromatic N) is 6. The number of carbonyl (C=O) groups excluding carboxylic acids is 1. The van der Waals surface area contributed by atoms with Gasteiger partial charge in [0.05, 0.1) is 40.4 Å². The minimum absolute atomic E-state index is 0.106. The van der Waals surface area contributed by atoms with Crippen LogP contribution in [0, 0.1) is 18.8 Å². The summed E-state index contributed by atoms with van der Waals surface area (Å²) in [5.41, 5.74) is 1.81. The average Bonchev–Trinajstić information content (AvgIpc) is 3.29. The van der Waals surface area contributed by atoms with Gasteiger partial charge < -0.3 is 10.2 Å². The van der Waals surface area contributed by atoms with Crippen molar-refractivity contribution in [2.75, 3.05) is 29.6 Å². The predicted octanol–water partition coefficient (Wildman–Crippen LogP) is 4.99. The Hall–Kier alpha value is -3.78. The number of carbonyl (C=O) groups is 1. The molecule has 2 N–H and O–H groups in total. The van der Waals surface area contributed by atoms with Crippen LogP contribution in [0.2, 0.25) is 5.15 Å². The number of aromatic nitrogens is 5. The molecule has 0 spiro atoms. The van der Waals surface area contributed by atoms with Crippen LogP contribution in [0.25, 0.3) is 10.9 Å². The highest BCUT2D eigenvalue weighted by Crippen LogP contribution is 2.55. The SMILES string of the molecule is CSNC(=O)c1nc(Cl)ccc1NC(C)c1cc(C)cc2c(=O)n(C)c(N3CC4C(C3)C4n3cc(C(F)(F)F)cn3)nc12. The second-order valence-corrected chi connectivity index (χ2v) is 12.0. The summed E-state index contributed by atoms with van der Waals surface area (Å²) >= 11 is 7.22. The quantitative estimate of drug-likeness (QED) is 0.217. The lowest BCUT2D eigenvalue weighted by Crippen LogP contribution is -2.33. The van der Waals surface area contributed by atoms with Gasteiger partial charge in [0.2, 0.25) is 5.95 Å². The van der Waals surface area contributed by atoms with Gasteiger partial charge in [-0.3, -0.25) is 23.6 Å². The molecule has 1 saturated heterocycles. The number of aryl methyl sites for hydroxylation is 1. The Kier molecular flexibility index (Phi) is 7.32. The third kappa shape index (κ3) is 5.30. The number of piperidine rings is 1.